The molecular weight excluding hydrogens is 1010 g/mol. The highest BCUT2D eigenvalue weighted by Gasteiger charge is 2.48. The topological polar surface area (TPSA) is 144 Å². The van der Waals surface area contributed by atoms with Gasteiger partial charge in [0, 0.05) is 125 Å². The van der Waals surface area contributed by atoms with Crippen molar-refractivity contribution in [2.24, 2.45) is 5.41 Å². The van der Waals surface area contributed by atoms with Gasteiger partial charge < -0.3 is 30.1 Å². The number of carbonyl (C=O) groups is 1. The van der Waals surface area contributed by atoms with Crippen molar-refractivity contribution in [3.05, 3.63) is 119 Å². The number of hydrogen-bond acceptors (Lipinski definition) is 13. The molecule has 3 heterocycles. The first-order valence-corrected chi connectivity index (χ1v) is 29.0. The number of halogens is 4. The number of alkyl halides is 3. The smallest absolute Gasteiger partial charge is 0.380 e. The fourth-order valence-electron chi connectivity index (χ4n) is 10.1. The molecule has 72 heavy (non-hydrogen) atoms. The minimum atomic E-state index is -6.07. The van der Waals surface area contributed by atoms with E-state index >= 15 is 0 Å². The van der Waals surface area contributed by atoms with E-state index in [1.165, 1.54) is 40.6 Å². The quantitative estimate of drug-likeness (QED) is 0.0827. The third kappa shape index (κ3) is 14.1. The largest absolute Gasteiger partial charge is 0.501 e. The molecule has 390 valence electrons. The van der Waals surface area contributed by atoms with Crippen LogP contribution in [0.2, 0.25) is 5.02 Å². The van der Waals surface area contributed by atoms with Crippen LogP contribution in [0.25, 0.3) is 5.57 Å². The summed E-state index contributed by atoms with van der Waals surface area (Å²) in [5.74, 6) is -0.653. The summed E-state index contributed by atoms with van der Waals surface area (Å²) in [4.78, 5) is 21.8. The van der Waals surface area contributed by atoms with Gasteiger partial charge >= 0.3 is 5.51 Å². The lowest BCUT2D eigenvalue weighted by molar-refractivity contribution is -0.0435. The maximum atomic E-state index is 14.3. The lowest BCUT2D eigenvalue weighted by Crippen LogP contribution is -2.49. The molecule has 0 aromatic heterocycles. The number of anilines is 2. The Morgan fingerprint density at radius 1 is 0.847 bits per heavy atom. The van der Waals surface area contributed by atoms with Crippen LogP contribution in [0, 0.1) is 5.41 Å². The number of allylic oxidation sites excluding steroid dienone is 1. The van der Waals surface area contributed by atoms with Gasteiger partial charge in [0.15, 0.2) is 0 Å². The Balaban J connectivity index is 0.922. The predicted octanol–water partition coefficient (Wildman–Crippen LogP) is 8.11. The van der Waals surface area contributed by atoms with E-state index < -0.39 is 52.8 Å². The normalized spacial score (nSPS) is 20.8. The van der Waals surface area contributed by atoms with E-state index in [1.54, 1.807) is 12.1 Å². The highest BCUT2D eigenvalue weighted by atomic mass is 35.5. The molecule has 0 radical (unpaired) electrons. The number of carbonyl (C=O) groups excluding carboxylic acids is 1. The van der Waals surface area contributed by atoms with Crippen LogP contribution >= 0.6 is 23.4 Å². The molecule has 3 aliphatic heterocycles. The Kier molecular flexibility index (Phi) is 18.0. The number of nitrogens with zero attached hydrogens (tertiary/aromatic N) is 4. The number of piperazine rings is 2. The molecule has 0 bridgehead atoms. The molecule has 4 aliphatic rings. The molecule has 4 aromatic rings. The SMILES string of the molecule is C[C@@]1(CN2CCNCC2)CCC(c2ccc(Cl)cc2)=C(CN2CCN(c3ccc(C(=O)NS(=O)(=O)c4ccc(NC(CCN5CCCOCC5)CSc5ccccc5)c(S(=O)(=O)C(F)(F)F)c4)cc3)CC2)C1. The lowest BCUT2D eigenvalue weighted by Gasteiger charge is -2.43. The summed E-state index contributed by atoms with van der Waals surface area (Å²) in [6.45, 7) is 14.8. The highest BCUT2D eigenvalue weighted by Crippen LogP contribution is 2.44. The molecular formula is C52H65ClF3N7O6S3. The summed E-state index contributed by atoms with van der Waals surface area (Å²) >= 11 is 7.74. The van der Waals surface area contributed by atoms with Gasteiger partial charge in [-0.15, -0.1) is 11.8 Å². The molecule has 2 atom stereocenters. The molecule has 8 rings (SSSR count). The fourth-order valence-corrected chi connectivity index (χ4v) is 13.3. The van der Waals surface area contributed by atoms with Gasteiger partial charge in [0.1, 0.15) is 4.90 Å². The van der Waals surface area contributed by atoms with Gasteiger partial charge in [-0.1, -0.05) is 54.4 Å². The Labute approximate surface area is 431 Å². The van der Waals surface area contributed by atoms with Crippen LogP contribution in [-0.4, -0.2) is 153 Å². The molecule has 20 heteroatoms. The Morgan fingerprint density at radius 2 is 1.57 bits per heavy atom. The van der Waals surface area contributed by atoms with Gasteiger partial charge in [-0.05, 0) is 115 Å². The van der Waals surface area contributed by atoms with E-state index in [1.807, 2.05) is 47.2 Å². The van der Waals surface area contributed by atoms with Crippen molar-refractivity contribution in [1.29, 1.82) is 0 Å². The second kappa shape index (κ2) is 24.0. The van der Waals surface area contributed by atoms with Crippen molar-refractivity contribution >= 4 is 66.1 Å². The summed E-state index contributed by atoms with van der Waals surface area (Å²) in [5.41, 5.74) is -1.02. The zero-order valence-electron chi connectivity index (χ0n) is 40.6. The second-order valence-electron chi connectivity index (χ2n) is 19.5. The summed E-state index contributed by atoms with van der Waals surface area (Å²) in [6, 6.07) is 26.0. The first-order valence-electron chi connectivity index (χ1n) is 24.7. The number of hydrogen-bond donors (Lipinski definition) is 3. The van der Waals surface area contributed by atoms with Gasteiger partial charge in [0.25, 0.3) is 25.8 Å². The van der Waals surface area contributed by atoms with Gasteiger partial charge in [-0.2, -0.15) is 13.2 Å². The molecule has 1 aliphatic carbocycles. The maximum Gasteiger partial charge on any atom is 0.501 e. The fraction of sp³-hybridized carbons (Fsp3) is 0.481. The molecule has 1 amide bonds. The number of ether oxygens (including phenoxy) is 1. The zero-order valence-corrected chi connectivity index (χ0v) is 43.8. The number of thioether (sulfide) groups is 1. The van der Waals surface area contributed by atoms with Gasteiger partial charge in [0.05, 0.1) is 17.2 Å². The summed E-state index contributed by atoms with van der Waals surface area (Å²) < 4.78 is 104. The summed E-state index contributed by atoms with van der Waals surface area (Å²) in [7, 11) is -10.9. The van der Waals surface area contributed by atoms with E-state index in [0.717, 1.165) is 125 Å². The van der Waals surface area contributed by atoms with Crippen molar-refractivity contribution < 1.29 is 39.5 Å². The van der Waals surface area contributed by atoms with Crippen LogP contribution in [0.15, 0.2) is 117 Å². The third-order valence-electron chi connectivity index (χ3n) is 14.1. The minimum Gasteiger partial charge on any atom is -0.380 e. The summed E-state index contributed by atoms with van der Waals surface area (Å²) in [6.07, 6.45) is 4.43. The molecule has 13 nitrogen and oxygen atoms in total. The number of rotatable bonds is 18. The maximum absolute atomic E-state index is 14.3. The monoisotopic (exact) mass is 1070 g/mol. The van der Waals surface area contributed by atoms with Crippen LogP contribution in [0.1, 0.15) is 54.9 Å². The standard InChI is InChI=1S/C52H65ClF3N7O6S3/c1-51(38-62-25-21-57-22-26-62)20-18-47(39-8-12-42(53)13-9-39)41(35-51)36-61-27-29-63(30-28-61)44-14-10-40(11-15-44)50(64)59-72(67,68)46-16-17-48(49(34-46)71(65,66)52(54,55)56)58-43(37-70-45-6-3-2-4-7-45)19-24-60-23-5-32-69-33-31-60/h2-4,6-17,34,43,57-58H,5,18-33,35-38H2,1H3,(H,59,64)/t43?,51-/m1/s1. The first kappa shape index (κ1) is 54.1. The average molecular weight is 1070 g/mol. The van der Waals surface area contributed by atoms with Crippen LogP contribution in [0.5, 0.6) is 0 Å². The van der Waals surface area contributed by atoms with Crippen molar-refractivity contribution in [3.63, 3.8) is 0 Å². The third-order valence-corrected chi connectivity index (χ3v) is 18.4. The molecule has 3 N–H and O–H groups in total. The molecule has 4 aromatic carbocycles. The van der Waals surface area contributed by atoms with Crippen LogP contribution in [-0.2, 0) is 24.6 Å². The molecule has 0 spiro atoms. The molecule has 0 saturated carbocycles. The molecule has 3 saturated heterocycles. The van der Waals surface area contributed by atoms with Crippen LogP contribution in [0.4, 0.5) is 24.5 Å². The van der Waals surface area contributed by atoms with Crippen LogP contribution < -0.4 is 20.3 Å². The van der Waals surface area contributed by atoms with E-state index in [9.17, 15) is 34.8 Å². The van der Waals surface area contributed by atoms with E-state index in [-0.39, 0.29) is 11.0 Å². The number of sulfonamides is 1. The van der Waals surface area contributed by atoms with Gasteiger partial charge in [-0.25, -0.2) is 21.6 Å². The van der Waals surface area contributed by atoms with E-state index in [0.29, 0.717) is 44.5 Å². The average Bonchev–Trinajstić information content (AvgIpc) is 3.65. The number of amides is 1. The van der Waals surface area contributed by atoms with Gasteiger partial charge in [-0.3, -0.25) is 9.69 Å². The Bertz CT molecular complexity index is 2720. The highest BCUT2D eigenvalue weighted by molar-refractivity contribution is 7.99. The van der Waals surface area contributed by atoms with E-state index in [4.69, 9.17) is 16.3 Å². The van der Waals surface area contributed by atoms with Crippen molar-refractivity contribution in [2.45, 2.75) is 65.3 Å². The predicted molar refractivity (Wildman–Crippen MR) is 280 cm³/mol. The van der Waals surface area contributed by atoms with Gasteiger partial charge in [0.2, 0.25) is 0 Å². The number of benzene rings is 4. The second-order valence-corrected chi connectivity index (χ2v) is 24.6. The Morgan fingerprint density at radius 3 is 2.28 bits per heavy atom. The van der Waals surface area contributed by atoms with Crippen molar-refractivity contribution in [1.82, 2.24) is 24.7 Å². The van der Waals surface area contributed by atoms with Crippen molar-refractivity contribution in [2.75, 3.05) is 114 Å². The number of nitrogens with one attached hydrogen (secondary N) is 3. The lowest BCUT2D eigenvalue weighted by atomic mass is 9.71. The molecule has 3 fully saturated rings. The zero-order chi connectivity index (χ0) is 50.9. The Hall–Kier alpha value is -4.18. The summed E-state index contributed by atoms with van der Waals surface area (Å²) in [5, 5.41) is 7.20. The minimum absolute atomic E-state index is 0.0000527. The first-order chi connectivity index (χ1) is 34.4. The molecule has 1 unspecified atom stereocenters. The van der Waals surface area contributed by atoms with E-state index in [2.05, 4.69) is 49.3 Å². The number of sulfone groups is 1. The van der Waals surface area contributed by atoms with Crippen molar-refractivity contribution in [3.8, 4) is 0 Å². The van der Waals surface area contributed by atoms with Crippen LogP contribution in [0.3, 0.4) is 0 Å².